The maximum Gasteiger partial charge on any atom is 0.123 e. The van der Waals surface area contributed by atoms with Crippen molar-refractivity contribution in [2.75, 3.05) is 27.2 Å². The van der Waals surface area contributed by atoms with Gasteiger partial charge in [-0.2, -0.15) is 0 Å². The Labute approximate surface area is 122 Å². The third-order valence-corrected chi connectivity index (χ3v) is 4.09. The first-order valence-corrected chi connectivity index (χ1v) is 7.49. The zero-order chi connectivity index (χ0) is 14.8. The standard InChI is InChI=1S/C17H27FN2/c1-17(2,12-20(3)4)11-19-16-9-14(10-16)13-5-7-15(18)8-6-13/h5-8,14,16,19H,9-12H2,1-4H3. The first-order valence-electron chi connectivity index (χ1n) is 7.49. The van der Waals surface area contributed by atoms with Crippen molar-refractivity contribution in [2.24, 2.45) is 5.41 Å². The molecule has 1 aromatic carbocycles. The molecule has 112 valence electrons. The summed E-state index contributed by atoms with van der Waals surface area (Å²) < 4.78 is 12.9. The lowest BCUT2D eigenvalue weighted by Gasteiger charge is -2.39. The van der Waals surface area contributed by atoms with Crippen LogP contribution in [-0.4, -0.2) is 38.1 Å². The number of rotatable bonds is 6. The van der Waals surface area contributed by atoms with Crippen LogP contribution in [0, 0.1) is 11.2 Å². The summed E-state index contributed by atoms with van der Waals surface area (Å²) in [6, 6.07) is 7.59. The third kappa shape index (κ3) is 4.29. The van der Waals surface area contributed by atoms with E-state index in [1.54, 1.807) is 12.1 Å². The second kappa shape index (κ2) is 6.23. The number of nitrogens with zero attached hydrogens (tertiary/aromatic N) is 1. The Kier molecular flexibility index (Phi) is 4.82. The van der Waals surface area contributed by atoms with Crippen LogP contribution in [0.3, 0.4) is 0 Å². The van der Waals surface area contributed by atoms with Crippen LogP contribution in [0.4, 0.5) is 4.39 Å². The average molecular weight is 278 g/mol. The van der Waals surface area contributed by atoms with Crippen molar-refractivity contribution in [3.05, 3.63) is 35.6 Å². The minimum atomic E-state index is -0.145. The molecule has 2 rings (SSSR count). The Morgan fingerprint density at radius 1 is 1.20 bits per heavy atom. The van der Waals surface area contributed by atoms with Gasteiger partial charge in [-0.15, -0.1) is 0 Å². The highest BCUT2D eigenvalue weighted by molar-refractivity contribution is 5.23. The highest BCUT2D eigenvalue weighted by atomic mass is 19.1. The second-order valence-electron chi connectivity index (χ2n) is 7.20. The molecule has 0 heterocycles. The van der Waals surface area contributed by atoms with Gasteiger partial charge >= 0.3 is 0 Å². The summed E-state index contributed by atoms with van der Waals surface area (Å²) in [5.74, 6) is 0.457. The van der Waals surface area contributed by atoms with Crippen molar-refractivity contribution in [1.82, 2.24) is 10.2 Å². The predicted octanol–water partition coefficient (Wildman–Crippen LogP) is 3.25. The van der Waals surface area contributed by atoms with E-state index in [1.165, 1.54) is 18.4 Å². The van der Waals surface area contributed by atoms with Crippen LogP contribution in [0.1, 0.15) is 38.2 Å². The lowest BCUT2D eigenvalue weighted by atomic mass is 9.75. The molecule has 0 aromatic heterocycles. The molecule has 1 fully saturated rings. The molecule has 1 N–H and O–H groups in total. The van der Waals surface area contributed by atoms with Crippen LogP contribution < -0.4 is 5.32 Å². The van der Waals surface area contributed by atoms with E-state index in [9.17, 15) is 4.39 Å². The Balaban J connectivity index is 1.73. The molecule has 0 bridgehead atoms. The van der Waals surface area contributed by atoms with Crippen LogP contribution in [-0.2, 0) is 0 Å². The van der Waals surface area contributed by atoms with Gasteiger partial charge in [0.05, 0.1) is 0 Å². The van der Waals surface area contributed by atoms with E-state index in [4.69, 9.17) is 0 Å². The fraction of sp³-hybridized carbons (Fsp3) is 0.647. The van der Waals surface area contributed by atoms with Gasteiger partial charge in [0.15, 0.2) is 0 Å². The molecule has 0 spiro atoms. The number of benzene rings is 1. The first kappa shape index (κ1) is 15.5. The fourth-order valence-electron chi connectivity index (χ4n) is 3.12. The third-order valence-electron chi connectivity index (χ3n) is 4.09. The van der Waals surface area contributed by atoms with Gasteiger partial charge in [0.2, 0.25) is 0 Å². The van der Waals surface area contributed by atoms with Gasteiger partial charge in [0, 0.05) is 19.1 Å². The van der Waals surface area contributed by atoms with E-state index in [-0.39, 0.29) is 5.82 Å². The normalized spacial score (nSPS) is 22.9. The van der Waals surface area contributed by atoms with Crippen molar-refractivity contribution >= 4 is 0 Å². The van der Waals surface area contributed by atoms with Gasteiger partial charge < -0.3 is 10.2 Å². The van der Waals surface area contributed by atoms with Crippen LogP contribution in [0.15, 0.2) is 24.3 Å². The quantitative estimate of drug-likeness (QED) is 0.859. The molecular formula is C17H27FN2. The van der Waals surface area contributed by atoms with Gasteiger partial charge in [-0.3, -0.25) is 0 Å². The second-order valence-corrected chi connectivity index (χ2v) is 7.20. The van der Waals surface area contributed by atoms with E-state index in [1.807, 2.05) is 12.1 Å². The topological polar surface area (TPSA) is 15.3 Å². The molecule has 0 unspecified atom stereocenters. The smallest absolute Gasteiger partial charge is 0.123 e. The number of hydrogen-bond acceptors (Lipinski definition) is 2. The van der Waals surface area contributed by atoms with E-state index in [0.29, 0.717) is 17.4 Å². The molecule has 0 aliphatic heterocycles. The molecule has 1 aliphatic rings. The van der Waals surface area contributed by atoms with Gasteiger partial charge in [-0.05, 0) is 56.0 Å². The Bertz CT molecular complexity index is 419. The molecule has 3 heteroatoms. The highest BCUT2D eigenvalue weighted by Crippen LogP contribution is 2.37. The predicted molar refractivity (Wildman–Crippen MR) is 82.5 cm³/mol. The highest BCUT2D eigenvalue weighted by Gasteiger charge is 2.31. The van der Waals surface area contributed by atoms with E-state index in [0.717, 1.165) is 13.1 Å². The van der Waals surface area contributed by atoms with Crippen LogP contribution in [0.25, 0.3) is 0 Å². The van der Waals surface area contributed by atoms with Crippen molar-refractivity contribution in [3.8, 4) is 0 Å². The van der Waals surface area contributed by atoms with Crippen LogP contribution in [0.5, 0.6) is 0 Å². The largest absolute Gasteiger partial charge is 0.313 e. The maximum absolute atomic E-state index is 12.9. The van der Waals surface area contributed by atoms with Gasteiger partial charge in [0.25, 0.3) is 0 Å². The molecule has 1 aliphatic carbocycles. The summed E-state index contributed by atoms with van der Waals surface area (Å²) in [5.41, 5.74) is 1.57. The molecule has 1 saturated carbocycles. The zero-order valence-corrected chi connectivity index (χ0v) is 13.1. The maximum atomic E-state index is 12.9. The molecular weight excluding hydrogens is 251 g/mol. The summed E-state index contributed by atoms with van der Waals surface area (Å²) in [6.45, 7) is 6.74. The Hall–Kier alpha value is -0.930. The molecule has 0 saturated heterocycles. The molecule has 0 amide bonds. The van der Waals surface area contributed by atoms with Crippen molar-refractivity contribution in [2.45, 2.75) is 38.6 Å². The lowest BCUT2D eigenvalue weighted by Crippen LogP contribution is -2.46. The van der Waals surface area contributed by atoms with Crippen LogP contribution >= 0.6 is 0 Å². The number of halogens is 1. The summed E-state index contributed by atoms with van der Waals surface area (Å²) in [5, 5.41) is 3.68. The number of nitrogens with one attached hydrogen (secondary N) is 1. The van der Waals surface area contributed by atoms with E-state index < -0.39 is 0 Å². The minimum absolute atomic E-state index is 0.145. The van der Waals surface area contributed by atoms with Crippen molar-refractivity contribution < 1.29 is 4.39 Å². The Morgan fingerprint density at radius 3 is 2.35 bits per heavy atom. The molecule has 1 aromatic rings. The lowest BCUT2D eigenvalue weighted by molar-refractivity contribution is 0.200. The number of hydrogen-bond donors (Lipinski definition) is 1. The van der Waals surface area contributed by atoms with E-state index in [2.05, 4.69) is 38.2 Å². The molecule has 0 radical (unpaired) electrons. The fourth-order valence-corrected chi connectivity index (χ4v) is 3.12. The van der Waals surface area contributed by atoms with Gasteiger partial charge in [-0.25, -0.2) is 4.39 Å². The average Bonchev–Trinajstić information content (AvgIpc) is 2.27. The first-order chi connectivity index (χ1) is 9.35. The minimum Gasteiger partial charge on any atom is -0.313 e. The summed E-state index contributed by atoms with van der Waals surface area (Å²) in [6.07, 6.45) is 2.34. The summed E-state index contributed by atoms with van der Waals surface area (Å²) in [4.78, 5) is 2.24. The molecule has 20 heavy (non-hydrogen) atoms. The van der Waals surface area contributed by atoms with Crippen molar-refractivity contribution in [3.63, 3.8) is 0 Å². The van der Waals surface area contributed by atoms with Crippen molar-refractivity contribution in [1.29, 1.82) is 0 Å². The van der Waals surface area contributed by atoms with Gasteiger partial charge in [-0.1, -0.05) is 26.0 Å². The van der Waals surface area contributed by atoms with Crippen LogP contribution in [0.2, 0.25) is 0 Å². The van der Waals surface area contributed by atoms with Gasteiger partial charge in [0.1, 0.15) is 5.82 Å². The Morgan fingerprint density at radius 2 is 1.80 bits per heavy atom. The summed E-state index contributed by atoms with van der Waals surface area (Å²) >= 11 is 0. The summed E-state index contributed by atoms with van der Waals surface area (Å²) in [7, 11) is 4.24. The molecule has 2 nitrogen and oxygen atoms in total. The zero-order valence-electron chi connectivity index (χ0n) is 13.1. The molecule has 0 atom stereocenters. The SMILES string of the molecule is CN(C)CC(C)(C)CNC1CC(c2ccc(F)cc2)C1. The monoisotopic (exact) mass is 278 g/mol. The van der Waals surface area contributed by atoms with E-state index >= 15 is 0 Å².